The van der Waals surface area contributed by atoms with Gasteiger partial charge in [-0.1, -0.05) is 11.6 Å². The van der Waals surface area contributed by atoms with Crippen molar-refractivity contribution in [2.75, 3.05) is 12.4 Å². The van der Waals surface area contributed by atoms with Crippen molar-refractivity contribution in [3.05, 3.63) is 50.7 Å². The van der Waals surface area contributed by atoms with Crippen LogP contribution in [-0.2, 0) is 16.6 Å². The topological polar surface area (TPSA) is 113 Å². The van der Waals surface area contributed by atoms with Crippen LogP contribution < -0.4 is 15.6 Å². The van der Waals surface area contributed by atoms with Gasteiger partial charge in [0.15, 0.2) is 6.10 Å². The molecule has 158 valence electrons. The first kappa shape index (κ1) is 21.4. The molecule has 2 aromatic heterocycles. The Kier molecular flexibility index (Phi) is 5.84. The molecule has 3 rings (SSSR count). The summed E-state index contributed by atoms with van der Waals surface area (Å²) >= 11 is 6.07. The van der Waals surface area contributed by atoms with Crippen molar-refractivity contribution in [2.45, 2.75) is 26.9 Å². The number of halogens is 1. The average Bonchev–Trinajstić information content (AvgIpc) is 3.04. The number of carbonyl (C=O) groups is 2. The molecule has 9 nitrogen and oxygen atoms in total. The SMILES string of the molecule is COc1cc(Cl)c(C)cc1NC(=O)C(C)OC(=O)c1c(C)oc2ncn(C)c(=O)c12. The number of anilines is 1. The highest BCUT2D eigenvalue weighted by atomic mass is 35.5. The molecule has 2 heterocycles. The first-order valence-electron chi connectivity index (χ1n) is 8.94. The van der Waals surface area contributed by atoms with Gasteiger partial charge in [0.2, 0.25) is 5.71 Å². The van der Waals surface area contributed by atoms with Crippen molar-refractivity contribution >= 4 is 40.3 Å². The fraction of sp³-hybridized carbons (Fsp3) is 0.300. The number of methoxy groups -OCH3 is 1. The number of nitrogens with one attached hydrogen (secondary N) is 1. The molecule has 0 radical (unpaired) electrons. The number of carbonyl (C=O) groups excluding carboxylic acids is 2. The zero-order chi connectivity index (χ0) is 22.2. The fourth-order valence-electron chi connectivity index (χ4n) is 2.87. The zero-order valence-corrected chi connectivity index (χ0v) is 17.8. The number of furan rings is 1. The lowest BCUT2D eigenvalue weighted by Crippen LogP contribution is -2.30. The quantitative estimate of drug-likeness (QED) is 0.615. The van der Waals surface area contributed by atoms with Crippen molar-refractivity contribution in [1.82, 2.24) is 9.55 Å². The minimum absolute atomic E-state index is 0.00473. The van der Waals surface area contributed by atoms with E-state index in [1.807, 2.05) is 0 Å². The second-order valence-electron chi connectivity index (χ2n) is 6.71. The molecule has 30 heavy (non-hydrogen) atoms. The molecular weight excluding hydrogens is 414 g/mol. The Balaban J connectivity index is 1.83. The Morgan fingerprint density at radius 1 is 1.30 bits per heavy atom. The van der Waals surface area contributed by atoms with Crippen LogP contribution in [0.2, 0.25) is 5.02 Å². The van der Waals surface area contributed by atoms with E-state index in [-0.39, 0.29) is 22.4 Å². The molecule has 0 spiro atoms. The van der Waals surface area contributed by atoms with Gasteiger partial charge in [-0.25, -0.2) is 9.78 Å². The number of esters is 1. The van der Waals surface area contributed by atoms with E-state index in [4.69, 9.17) is 25.5 Å². The Bertz CT molecular complexity index is 1210. The molecule has 10 heteroatoms. The Hall–Kier alpha value is -3.33. The first-order chi connectivity index (χ1) is 14.1. The molecular formula is C20H20ClN3O6. The van der Waals surface area contributed by atoms with E-state index in [0.29, 0.717) is 16.5 Å². The van der Waals surface area contributed by atoms with E-state index in [9.17, 15) is 14.4 Å². The summed E-state index contributed by atoms with van der Waals surface area (Å²) in [7, 11) is 2.95. The summed E-state index contributed by atoms with van der Waals surface area (Å²) in [5.74, 6) is -0.907. The molecule has 0 aliphatic heterocycles. The number of rotatable bonds is 5. The van der Waals surface area contributed by atoms with E-state index in [0.717, 1.165) is 5.56 Å². The van der Waals surface area contributed by atoms with Crippen molar-refractivity contribution in [3.8, 4) is 5.75 Å². The number of hydrogen-bond donors (Lipinski definition) is 1. The van der Waals surface area contributed by atoms with Crippen LogP contribution in [0.5, 0.6) is 5.75 Å². The van der Waals surface area contributed by atoms with Gasteiger partial charge in [0.1, 0.15) is 28.8 Å². The van der Waals surface area contributed by atoms with Crippen molar-refractivity contribution in [3.63, 3.8) is 0 Å². The molecule has 1 amide bonds. The maximum Gasteiger partial charge on any atom is 0.343 e. The standard InChI is InChI=1S/C20H20ClN3O6/c1-9-6-13(14(28-5)7-12(9)21)23-17(25)11(3)30-20(27)15-10(2)29-18-16(15)19(26)24(4)8-22-18/h6-8,11H,1-5H3,(H,23,25). The number of hydrogen-bond acceptors (Lipinski definition) is 7. The summed E-state index contributed by atoms with van der Waals surface area (Å²) in [6.07, 6.45) is 0.128. The number of benzene rings is 1. The Morgan fingerprint density at radius 3 is 2.67 bits per heavy atom. The van der Waals surface area contributed by atoms with Crippen LogP contribution in [0.15, 0.2) is 27.7 Å². The average molecular weight is 434 g/mol. The third kappa shape index (κ3) is 3.88. The number of amides is 1. The van der Waals surface area contributed by atoms with Gasteiger partial charge in [0.25, 0.3) is 11.5 Å². The highest BCUT2D eigenvalue weighted by molar-refractivity contribution is 6.31. The summed E-state index contributed by atoms with van der Waals surface area (Å²) in [6.45, 7) is 4.71. The van der Waals surface area contributed by atoms with Crippen LogP contribution >= 0.6 is 11.6 Å². The molecule has 1 aromatic carbocycles. The van der Waals surface area contributed by atoms with Gasteiger partial charge in [-0.2, -0.15) is 0 Å². The van der Waals surface area contributed by atoms with Crippen molar-refractivity contribution < 1.29 is 23.5 Å². The second-order valence-corrected chi connectivity index (χ2v) is 7.12. The summed E-state index contributed by atoms with van der Waals surface area (Å²) in [5.41, 5.74) is 0.637. The zero-order valence-electron chi connectivity index (χ0n) is 17.0. The summed E-state index contributed by atoms with van der Waals surface area (Å²) in [4.78, 5) is 41.7. The van der Waals surface area contributed by atoms with Gasteiger partial charge in [0.05, 0.1) is 12.8 Å². The van der Waals surface area contributed by atoms with E-state index in [1.165, 1.54) is 38.9 Å². The molecule has 0 saturated carbocycles. The van der Waals surface area contributed by atoms with Gasteiger partial charge in [-0.15, -0.1) is 0 Å². The number of aryl methyl sites for hydroxylation is 3. The minimum atomic E-state index is -1.16. The maximum absolute atomic E-state index is 12.7. The Labute approximate surface area is 176 Å². The van der Waals surface area contributed by atoms with Gasteiger partial charge in [0, 0.05) is 18.1 Å². The lowest BCUT2D eigenvalue weighted by molar-refractivity contribution is -0.123. The van der Waals surface area contributed by atoms with E-state index < -0.39 is 23.5 Å². The molecule has 1 N–H and O–H groups in total. The van der Waals surface area contributed by atoms with Crippen molar-refractivity contribution in [2.24, 2.45) is 7.05 Å². The molecule has 0 fully saturated rings. The van der Waals surface area contributed by atoms with Crippen LogP contribution in [0.1, 0.15) is 28.6 Å². The van der Waals surface area contributed by atoms with Crippen LogP contribution in [-0.4, -0.2) is 34.6 Å². The maximum atomic E-state index is 12.7. The van der Waals surface area contributed by atoms with E-state index in [1.54, 1.807) is 19.1 Å². The van der Waals surface area contributed by atoms with E-state index >= 15 is 0 Å². The van der Waals surface area contributed by atoms with Crippen molar-refractivity contribution in [1.29, 1.82) is 0 Å². The predicted octanol–water partition coefficient (Wildman–Crippen LogP) is 2.99. The molecule has 1 unspecified atom stereocenters. The van der Waals surface area contributed by atoms with Gasteiger partial charge in [-0.05, 0) is 32.4 Å². The normalized spacial score (nSPS) is 11.9. The molecule has 3 aromatic rings. The van der Waals surface area contributed by atoms with Gasteiger partial charge >= 0.3 is 5.97 Å². The van der Waals surface area contributed by atoms with Gasteiger partial charge in [-0.3, -0.25) is 9.59 Å². The molecule has 0 bridgehead atoms. The number of ether oxygens (including phenoxy) is 2. The lowest BCUT2D eigenvalue weighted by Gasteiger charge is -2.16. The number of nitrogens with zero attached hydrogens (tertiary/aromatic N) is 2. The highest BCUT2D eigenvalue weighted by Crippen LogP contribution is 2.31. The third-order valence-electron chi connectivity index (χ3n) is 4.54. The summed E-state index contributed by atoms with van der Waals surface area (Å²) in [5, 5.41) is 3.14. The van der Waals surface area contributed by atoms with Crippen LogP contribution in [0.4, 0.5) is 5.69 Å². The fourth-order valence-corrected chi connectivity index (χ4v) is 3.02. The monoisotopic (exact) mass is 433 g/mol. The largest absolute Gasteiger partial charge is 0.495 e. The summed E-state index contributed by atoms with van der Waals surface area (Å²) in [6, 6.07) is 3.23. The number of fused-ring (bicyclic) bond motifs is 1. The predicted molar refractivity (Wildman–Crippen MR) is 110 cm³/mol. The van der Waals surface area contributed by atoms with Crippen LogP contribution in [0.3, 0.4) is 0 Å². The molecule has 0 aliphatic rings. The lowest BCUT2D eigenvalue weighted by atomic mass is 10.2. The third-order valence-corrected chi connectivity index (χ3v) is 4.95. The molecule has 1 atom stereocenters. The van der Waals surface area contributed by atoms with Crippen LogP contribution in [0.25, 0.3) is 11.1 Å². The second kappa shape index (κ2) is 8.19. The van der Waals surface area contributed by atoms with Gasteiger partial charge < -0.3 is 23.8 Å². The number of aromatic nitrogens is 2. The smallest absolute Gasteiger partial charge is 0.343 e. The Morgan fingerprint density at radius 2 is 2.00 bits per heavy atom. The molecule has 0 saturated heterocycles. The van der Waals surface area contributed by atoms with Crippen LogP contribution in [0, 0.1) is 13.8 Å². The molecule has 0 aliphatic carbocycles. The van der Waals surface area contributed by atoms with E-state index in [2.05, 4.69) is 10.3 Å². The highest BCUT2D eigenvalue weighted by Gasteiger charge is 2.27. The first-order valence-corrected chi connectivity index (χ1v) is 9.32. The summed E-state index contributed by atoms with van der Waals surface area (Å²) < 4.78 is 17.1. The minimum Gasteiger partial charge on any atom is -0.495 e.